The molecule has 1 N–H and O–H groups in total. The first-order valence-corrected chi connectivity index (χ1v) is 7.42. The van der Waals surface area contributed by atoms with Gasteiger partial charge in [-0.05, 0) is 18.9 Å². The second-order valence-corrected chi connectivity index (χ2v) is 5.84. The van der Waals surface area contributed by atoms with Gasteiger partial charge in [0.2, 0.25) is 0 Å². The second kappa shape index (κ2) is 5.51. The van der Waals surface area contributed by atoms with E-state index < -0.39 is 0 Å². The zero-order valence-corrected chi connectivity index (χ0v) is 11.8. The molecule has 1 aliphatic carbocycles. The van der Waals surface area contributed by atoms with Crippen molar-refractivity contribution in [2.75, 3.05) is 26.7 Å². The van der Waals surface area contributed by atoms with Gasteiger partial charge in [-0.25, -0.2) is 0 Å². The number of ether oxygens (including phenoxy) is 1. The predicted octanol–water partition coefficient (Wildman–Crippen LogP) is 2.41. The average Bonchev–Trinajstić information content (AvgIpc) is 2.91. The van der Waals surface area contributed by atoms with Crippen LogP contribution in [0.1, 0.15) is 31.2 Å². The first kappa shape index (κ1) is 12.9. The van der Waals surface area contributed by atoms with Crippen molar-refractivity contribution in [1.29, 1.82) is 0 Å². The summed E-state index contributed by atoms with van der Waals surface area (Å²) < 4.78 is 5.50. The predicted molar refractivity (Wildman–Crippen MR) is 77.5 cm³/mol. The molecule has 0 bridgehead atoms. The van der Waals surface area contributed by atoms with Crippen LogP contribution in [0.4, 0.5) is 0 Å². The van der Waals surface area contributed by atoms with Crippen LogP contribution < -0.4 is 10.1 Å². The molecule has 0 radical (unpaired) electrons. The number of nitrogens with zero attached hydrogens (tertiary/aromatic N) is 1. The topological polar surface area (TPSA) is 24.5 Å². The second-order valence-electron chi connectivity index (χ2n) is 5.84. The molecule has 1 aromatic rings. The lowest BCUT2D eigenvalue weighted by Crippen LogP contribution is -2.59. The van der Waals surface area contributed by atoms with Crippen LogP contribution in [0.3, 0.4) is 0 Å². The van der Waals surface area contributed by atoms with Crippen molar-refractivity contribution < 1.29 is 4.74 Å². The summed E-state index contributed by atoms with van der Waals surface area (Å²) in [4.78, 5) is 2.69. The molecular weight excluding hydrogens is 236 g/mol. The lowest BCUT2D eigenvalue weighted by atomic mass is 9.92. The van der Waals surface area contributed by atoms with Crippen LogP contribution in [-0.4, -0.2) is 37.2 Å². The van der Waals surface area contributed by atoms with Gasteiger partial charge in [0.25, 0.3) is 0 Å². The van der Waals surface area contributed by atoms with Crippen molar-refractivity contribution in [3.05, 3.63) is 29.8 Å². The number of benzene rings is 1. The van der Waals surface area contributed by atoms with E-state index in [1.807, 2.05) is 6.07 Å². The molecule has 104 valence electrons. The number of methoxy groups -OCH3 is 1. The molecule has 0 amide bonds. The lowest BCUT2D eigenvalue weighted by molar-refractivity contribution is 0.0566. The smallest absolute Gasteiger partial charge is 0.123 e. The van der Waals surface area contributed by atoms with E-state index >= 15 is 0 Å². The molecule has 1 spiro atoms. The third kappa shape index (κ3) is 2.49. The van der Waals surface area contributed by atoms with Gasteiger partial charge in [-0.3, -0.25) is 4.90 Å². The Morgan fingerprint density at radius 1 is 1.26 bits per heavy atom. The Morgan fingerprint density at radius 3 is 2.84 bits per heavy atom. The summed E-state index contributed by atoms with van der Waals surface area (Å²) >= 11 is 0. The summed E-state index contributed by atoms with van der Waals surface area (Å²) in [5.74, 6) is 1.02. The highest BCUT2D eigenvalue weighted by Gasteiger charge is 2.41. The van der Waals surface area contributed by atoms with Gasteiger partial charge in [-0.2, -0.15) is 0 Å². The minimum absolute atomic E-state index is 0.402. The maximum atomic E-state index is 5.50. The Kier molecular flexibility index (Phi) is 3.76. The summed E-state index contributed by atoms with van der Waals surface area (Å²) in [6, 6.07) is 8.43. The third-order valence-corrected chi connectivity index (χ3v) is 4.77. The summed E-state index contributed by atoms with van der Waals surface area (Å²) in [7, 11) is 1.77. The van der Waals surface area contributed by atoms with Gasteiger partial charge >= 0.3 is 0 Å². The molecule has 0 atom stereocenters. The van der Waals surface area contributed by atoms with Crippen LogP contribution in [-0.2, 0) is 6.54 Å². The fraction of sp³-hybridized carbons (Fsp3) is 0.625. The Labute approximate surface area is 115 Å². The normalized spacial score (nSPS) is 22.8. The number of piperazine rings is 1. The summed E-state index contributed by atoms with van der Waals surface area (Å²) in [6.07, 6.45) is 5.44. The Morgan fingerprint density at radius 2 is 2.05 bits per heavy atom. The average molecular weight is 260 g/mol. The van der Waals surface area contributed by atoms with E-state index in [9.17, 15) is 0 Å². The zero-order valence-electron chi connectivity index (χ0n) is 11.8. The molecule has 3 nitrogen and oxygen atoms in total. The number of para-hydroxylation sites is 1. The molecule has 0 unspecified atom stereocenters. The van der Waals surface area contributed by atoms with Crippen molar-refractivity contribution >= 4 is 0 Å². The molecule has 1 saturated carbocycles. The summed E-state index contributed by atoms with van der Waals surface area (Å²) in [5.41, 5.74) is 1.72. The van der Waals surface area contributed by atoms with Crippen LogP contribution in [0.25, 0.3) is 0 Å². The molecular formula is C16H24N2O. The van der Waals surface area contributed by atoms with Crippen LogP contribution in [0.5, 0.6) is 5.75 Å². The third-order valence-electron chi connectivity index (χ3n) is 4.77. The van der Waals surface area contributed by atoms with E-state index in [1.54, 1.807) is 7.11 Å². The van der Waals surface area contributed by atoms with Crippen LogP contribution in [0.2, 0.25) is 0 Å². The molecule has 1 saturated heterocycles. The highest BCUT2D eigenvalue weighted by molar-refractivity contribution is 5.33. The highest BCUT2D eigenvalue weighted by atomic mass is 16.5. The van der Waals surface area contributed by atoms with Crippen LogP contribution in [0, 0.1) is 0 Å². The monoisotopic (exact) mass is 260 g/mol. The fourth-order valence-electron chi connectivity index (χ4n) is 3.70. The van der Waals surface area contributed by atoms with E-state index in [2.05, 4.69) is 28.4 Å². The molecule has 0 aromatic heterocycles. The lowest BCUT2D eigenvalue weighted by Gasteiger charge is -2.45. The van der Waals surface area contributed by atoms with Crippen LogP contribution >= 0.6 is 0 Å². The van der Waals surface area contributed by atoms with E-state index in [4.69, 9.17) is 4.74 Å². The standard InChI is InChI=1S/C16H24N2O/c1-19-15-7-3-2-6-14(15)12-18-11-10-17-13-16(18)8-4-5-9-16/h2-3,6-7,17H,4-5,8-13H2,1H3. The quantitative estimate of drug-likeness (QED) is 0.903. The van der Waals surface area contributed by atoms with Crippen molar-refractivity contribution in [2.45, 2.75) is 37.8 Å². The molecule has 2 aliphatic rings. The summed E-state index contributed by atoms with van der Waals surface area (Å²) in [6.45, 7) is 4.43. The minimum Gasteiger partial charge on any atom is -0.496 e. The molecule has 19 heavy (non-hydrogen) atoms. The van der Waals surface area contributed by atoms with Gasteiger partial charge in [-0.1, -0.05) is 31.0 Å². The zero-order chi connectivity index (χ0) is 13.1. The fourth-order valence-corrected chi connectivity index (χ4v) is 3.70. The van der Waals surface area contributed by atoms with E-state index in [-0.39, 0.29) is 0 Å². The van der Waals surface area contributed by atoms with E-state index in [0.717, 1.165) is 31.9 Å². The Balaban J connectivity index is 1.80. The maximum absolute atomic E-state index is 5.50. The van der Waals surface area contributed by atoms with Gasteiger partial charge in [0.15, 0.2) is 0 Å². The summed E-state index contributed by atoms with van der Waals surface area (Å²) in [5, 5.41) is 3.59. The molecule has 1 heterocycles. The van der Waals surface area contributed by atoms with Crippen molar-refractivity contribution in [1.82, 2.24) is 10.2 Å². The van der Waals surface area contributed by atoms with Crippen LogP contribution in [0.15, 0.2) is 24.3 Å². The number of hydrogen-bond acceptors (Lipinski definition) is 3. The van der Waals surface area contributed by atoms with Crippen molar-refractivity contribution in [3.63, 3.8) is 0 Å². The SMILES string of the molecule is COc1ccccc1CN1CCNCC12CCCC2. The highest BCUT2D eigenvalue weighted by Crippen LogP contribution is 2.37. The Hall–Kier alpha value is -1.06. The molecule has 3 heteroatoms. The molecule has 1 aromatic carbocycles. The van der Waals surface area contributed by atoms with E-state index in [0.29, 0.717) is 5.54 Å². The van der Waals surface area contributed by atoms with Crippen molar-refractivity contribution in [3.8, 4) is 5.75 Å². The largest absolute Gasteiger partial charge is 0.496 e. The number of hydrogen-bond donors (Lipinski definition) is 1. The van der Waals surface area contributed by atoms with Gasteiger partial charge in [0.1, 0.15) is 5.75 Å². The Bertz CT molecular complexity index is 427. The number of rotatable bonds is 3. The first-order valence-electron chi connectivity index (χ1n) is 7.42. The van der Waals surface area contributed by atoms with Gasteiger partial charge in [0.05, 0.1) is 7.11 Å². The molecule has 1 aliphatic heterocycles. The van der Waals surface area contributed by atoms with E-state index in [1.165, 1.54) is 31.2 Å². The van der Waals surface area contributed by atoms with Gasteiger partial charge in [0, 0.05) is 37.3 Å². The molecule has 3 rings (SSSR count). The maximum Gasteiger partial charge on any atom is 0.123 e. The number of nitrogens with one attached hydrogen (secondary N) is 1. The minimum atomic E-state index is 0.402. The molecule has 2 fully saturated rings. The first-order chi connectivity index (χ1) is 9.34. The van der Waals surface area contributed by atoms with Gasteiger partial charge < -0.3 is 10.1 Å². The van der Waals surface area contributed by atoms with Crippen molar-refractivity contribution in [2.24, 2.45) is 0 Å². The van der Waals surface area contributed by atoms with Gasteiger partial charge in [-0.15, -0.1) is 0 Å².